The van der Waals surface area contributed by atoms with Crippen LogP contribution in [0.25, 0.3) is 21.5 Å². The zero-order valence-electron chi connectivity index (χ0n) is 22.8. The van der Waals surface area contributed by atoms with Gasteiger partial charge in [0.2, 0.25) is 0 Å². The number of phenolic OH excluding ortho intramolecular Hbond substituents is 1. The van der Waals surface area contributed by atoms with Crippen molar-refractivity contribution in [3.05, 3.63) is 90.0 Å². The Morgan fingerprint density at radius 2 is 1.27 bits per heavy atom. The van der Waals surface area contributed by atoms with Crippen LogP contribution in [-0.2, 0) is 24.1 Å². The molecule has 0 aliphatic rings. The number of carbonyl (C=O) groups is 2. The summed E-state index contributed by atoms with van der Waals surface area (Å²) in [5.41, 5.74) is 6.25. The van der Waals surface area contributed by atoms with Crippen LogP contribution in [0.15, 0.2) is 104 Å². The van der Waals surface area contributed by atoms with Gasteiger partial charge in [0.1, 0.15) is 10.6 Å². The topological polar surface area (TPSA) is 270 Å². The normalized spacial score (nSPS) is 11.9. The lowest BCUT2D eigenvalue weighted by molar-refractivity contribution is 0.0501. The fourth-order valence-corrected chi connectivity index (χ4v) is 5.14. The molecule has 0 bridgehead atoms. The summed E-state index contributed by atoms with van der Waals surface area (Å²) in [6.45, 7) is 0. The van der Waals surface area contributed by atoms with Crippen molar-refractivity contribution in [1.29, 1.82) is 0 Å². The van der Waals surface area contributed by atoms with Crippen molar-refractivity contribution in [2.24, 2.45) is 38.1 Å². The largest absolute Gasteiger partial charge is 0.505 e. The van der Waals surface area contributed by atoms with E-state index in [4.69, 9.17) is 23.4 Å². The monoisotopic (exact) mass is 630 g/mol. The second-order valence-corrected chi connectivity index (χ2v) is 10.8. The minimum Gasteiger partial charge on any atom is -0.505 e. The second-order valence-electron chi connectivity index (χ2n) is 9.23. The van der Waals surface area contributed by atoms with Crippen molar-refractivity contribution >= 4 is 72.0 Å². The Hall–Kier alpha value is -5.85. The fourth-order valence-electron chi connectivity index (χ4n) is 4.40. The highest BCUT2D eigenvalue weighted by molar-refractivity contribution is 7.86. The summed E-state index contributed by atoms with van der Waals surface area (Å²) in [6, 6.07) is 19.4. The Morgan fingerprint density at radius 1 is 0.689 bits per heavy atom. The first-order valence-corrected chi connectivity index (χ1v) is 14.0. The van der Waals surface area contributed by atoms with Crippen LogP contribution < -0.4 is 23.4 Å². The lowest BCUT2D eigenvalue weighted by Gasteiger charge is -2.10. The van der Waals surface area contributed by atoms with Gasteiger partial charge in [0.05, 0.1) is 28.2 Å². The molecule has 5 aromatic carbocycles. The maximum absolute atomic E-state index is 12.6. The van der Waals surface area contributed by atoms with Crippen molar-refractivity contribution in [2.75, 3.05) is 5.73 Å². The van der Waals surface area contributed by atoms with Crippen molar-refractivity contribution in [3.63, 3.8) is 0 Å². The number of hydrogen-bond donors (Lipinski definition) is 5. The SMILES string of the molecule is NOC(=O)c1cc(N=Nc2ccc(N=Nc3c(S(=O)(=O)ON)cc4ccc(N)cc4c3O)c3ccccc23)cc(C(=O)ON)c1. The molecule has 0 heterocycles. The molecule has 0 aliphatic carbocycles. The Kier molecular flexibility index (Phi) is 8.44. The first kappa shape index (κ1) is 30.6. The molecule has 0 unspecified atom stereocenters. The predicted molar refractivity (Wildman–Crippen MR) is 160 cm³/mol. The van der Waals surface area contributed by atoms with Gasteiger partial charge >= 0.3 is 22.1 Å². The van der Waals surface area contributed by atoms with E-state index in [1.54, 1.807) is 30.3 Å². The Balaban J connectivity index is 1.59. The predicted octanol–water partition coefficient (Wildman–Crippen LogP) is 4.75. The van der Waals surface area contributed by atoms with Crippen LogP contribution in [0.5, 0.6) is 5.75 Å². The molecule has 5 aromatic rings. The molecule has 0 fully saturated rings. The van der Waals surface area contributed by atoms with Gasteiger partial charge in [-0.1, -0.05) is 30.3 Å². The summed E-state index contributed by atoms with van der Waals surface area (Å²) in [4.78, 5) is 31.9. The molecule has 0 aliphatic heterocycles. The van der Waals surface area contributed by atoms with Crippen LogP contribution >= 0.6 is 0 Å². The average Bonchev–Trinajstić information content (AvgIpc) is 3.06. The number of nitrogens with zero attached hydrogens (tertiary/aromatic N) is 4. The smallest absolute Gasteiger partial charge is 0.356 e. The molecule has 5 rings (SSSR count). The average molecular weight is 631 g/mol. The van der Waals surface area contributed by atoms with E-state index in [0.29, 0.717) is 27.5 Å². The van der Waals surface area contributed by atoms with E-state index in [0.717, 1.165) is 6.07 Å². The summed E-state index contributed by atoms with van der Waals surface area (Å²) in [7, 11) is -4.53. The first-order chi connectivity index (χ1) is 21.6. The standard InChI is InChI=1S/C28H22N8O8S/c29-17-6-5-14-12-24(45(40,41)44-32)25(26(37)21(14)13-17)36-35-23-8-7-22(19-3-1-2-4-20(19)23)34-33-18-10-15(27(38)42-30)9-16(11-18)28(39)43-31/h1-13,37H,29-32H2. The number of nitrogen functional groups attached to an aromatic ring is 1. The molecule has 0 atom stereocenters. The van der Waals surface area contributed by atoms with Gasteiger partial charge in [-0.15, -0.1) is 15.3 Å². The summed E-state index contributed by atoms with van der Waals surface area (Å²) < 4.78 is 29.4. The molecule has 228 valence electrons. The van der Waals surface area contributed by atoms with Gasteiger partial charge in [0, 0.05) is 21.8 Å². The first-order valence-electron chi connectivity index (χ1n) is 12.6. The molecule has 17 heteroatoms. The molecule has 0 aromatic heterocycles. The molecular formula is C28H22N8O8S. The number of carbonyl (C=O) groups excluding carboxylic acids is 2. The Bertz CT molecular complexity index is 2140. The van der Waals surface area contributed by atoms with Crippen LogP contribution in [0.4, 0.5) is 28.4 Å². The number of nitrogens with two attached hydrogens (primary N) is 4. The molecule has 0 saturated heterocycles. The molecule has 0 saturated carbocycles. The highest BCUT2D eigenvalue weighted by Gasteiger charge is 2.24. The van der Waals surface area contributed by atoms with E-state index >= 15 is 0 Å². The molecular weight excluding hydrogens is 608 g/mol. The minimum atomic E-state index is -4.53. The highest BCUT2D eigenvalue weighted by atomic mass is 32.2. The van der Waals surface area contributed by atoms with Crippen LogP contribution in [-0.4, -0.2) is 25.5 Å². The maximum Gasteiger partial charge on any atom is 0.356 e. The molecule has 0 spiro atoms. The summed E-state index contributed by atoms with van der Waals surface area (Å²) in [5, 5.41) is 29.3. The minimum absolute atomic E-state index is 0.0782. The van der Waals surface area contributed by atoms with Crippen LogP contribution in [0, 0.1) is 0 Å². The number of azo groups is 2. The van der Waals surface area contributed by atoms with E-state index in [-0.39, 0.29) is 27.9 Å². The number of hydrogen-bond acceptors (Lipinski definition) is 16. The second kappa shape index (κ2) is 12.4. The van der Waals surface area contributed by atoms with Crippen molar-refractivity contribution in [2.45, 2.75) is 4.90 Å². The Morgan fingerprint density at radius 3 is 1.82 bits per heavy atom. The number of fused-ring (bicyclic) bond motifs is 2. The highest BCUT2D eigenvalue weighted by Crippen LogP contribution is 2.43. The van der Waals surface area contributed by atoms with Crippen molar-refractivity contribution < 1.29 is 37.1 Å². The van der Waals surface area contributed by atoms with Crippen LogP contribution in [0.3, 0.4) is 0 Å². The van der Waals surface area contributed by atoms with Gasteiger partial charge in [-0.2, -0.15) is 35.5 Å². The van der Waals surface area contributed by atoms with Crippen LogP contribution in [0.2, 0.25) is 0 Å². The lowest BCUT2D eigenvalue weighted by Crippen LogP contribution is -2.13. The van der Waals surface area contributed by atoms with Crippen molar-refractivity contribution in [1.82, 2.24) is 0 Å². The summed E-state index contributed by atoms with van der Waals surface area (Å²) in [5.74, 6) is 12.6. The van der Waals surface area contributed by atoms with Gasteiger partial charge in [0.25, 0.3) is 0 Å². The van der Waals surface area contributed by atoms with Crippen LogP contribution in [0.1, 0.15) is 20.7 Å². The molecule has 9 N–H and O–H groups in total. The number of benzene rings is 5. The molecule has 0 radical (unpaired) electrons. The van der Waals surface area contributed by atoms with E-state index < -0.39 is 38.4 Å². The number of rotatable bonds is 8. The van der Waals surface area contributed by atoms with Gasteiger partial charge in [-0.25, -0.2) is 9.59 Å². The third-order valence-electron chi connectivity index (χ3n) is 6.49. The van der Waals surface area contributed by atoms with Gasteiger partial charge in [-0.05, 0) is 53.9 Å². The van der Waals surface area contributed by atoms with Gasteiger partial charge in [-0.3, -0.25) is 0 Å². The Labute approximate surface area is 253 Å². The number of anilines is 1. The number of aromatic hydroxyl groups is 1. The summed E-state index contributed by atoms with van der Waals surface area (Å²) >= 11 is 0. The van der Waals surface area contributed by atoms with E-state index in [1.807, 2.05) is 0 Å². The summed E-state index contributed by atoms with van der Waals surface area (Å²) in [6.07, 6.45) is 0. The van der Waals surface area contributed by atoms with E-state index in [9.17, 15) is 23.1 Å². The zero-order chi connectivity index (χ0) is 32.3. The molecule has 45 heavy (non-hydrogen) atoms. The van der Waals surface area contributed by atoms with Gasteiger partial charge < -0.3 is 20.5 Å². The number of phenols is 1. The van der Waals surface area contributed by atoms with Crippen molar-refractivity contribution in [3.8, 4) is 5.75 Å². The molecule has 0 amide bonds. The molecule has 16 nitrogen and oxygen atoms in total. The zero-order valence-corrected chi connectivity index (χ0v) is 23.6. The third kappa shape index (κ3) is 6.13. The third-order valence-corrected chi connectivity index (χ3v) is 7.59. The van der Waals surface area contributed by atoms with Gasteiger partial charge in [0.15, 0.2) is 5.75 Å². The lowest BCUT2D eigenvalue weighted by atomic mass is 10.1. The van der Waals surface area contributed by atoms with E-state index in [1.165, 1.54) is 42.5 Å². The quantitative estimate of drug-likeness (QED) is 0.0882. The fraction of sp³-hybridized carbons (Fsp3) is 0. The maximum atomic E-state index is 12.6. The van der Waals surface area contributed by atoms with E-state index in [2.05, 4.69) is 34.4 Å².